The van der Waals surface area contributed by atoms with E-state index in [-0.39, 0.29) is 11.3 Å². The third-order valence-corrected chi connectivity index (χ3v) is 6.73. The highest BCUT2D eigenvalue weighted by Crippen LogP contribution is 2.27. The number of hydrogen-bond acceptors (Lipinski definition) is 2. The lowest BCUT2D eigenvalue weighted by atomic mass is 10.0. The normalized spacial score (nSPS) is 11.3. The zero-order chi connectivity index (χ0) is 23.0. The molecule has 0 radical (unpaired) electrons. The molecule has 0 spiro atoms. The van der Waals surface area contributed by atoms with Crippen LogP contribution in [0.4, 0.5) is 5.69 Å². The van der Waals surface area contributed by atoms with Crippen LogP contribution in [0.2, 0.25) is 5.02 Å². The molecule has 0 heterocycles. The van der Waals surface area contributed by atoms with Gasteiger partial charge in [-0.15, -0.1) is 0 Å². The number of halogens is 1. The number of carbonyl (C=O) groups is 1. The van der Waals surface area contributed by atoms with Crippen molar-refractivity contribution in [3.8, 4) is 11.1 Å². The van der Waals surface area contributed by atoms with E-state index in [1.54, 1.807) is 0 Å². The quantitative estimate of drug-likeness (QED) is 0.309. The van der Waals surface area contributed by atoms with E-state index in [1.807, 2.05) is 103 Å². The molecule has 174 valence electrons. The van der Waals surface area contributed by atoms with Crippen molar-refractivity contribution in [2.75, 3.05) is 4.72 Å². The Morgan fingerprint density at radius 1 is 0.794 bits per heavy atom. The minimum Gasteiger partial charge on any atom is -0.412 e. The van der Waals surface area contributed by atoms with Crippen LogP contribution in [0.5, 0.6) is 0 Å². The number of aryl methyl sites for hydroxylation is 1. The summed E-state index contributed by atoms with van der Waals surface area (Å²) < 4.78 is 16.1. The summed E-state index contributed by atoms with van der Waals surface area (Å²) in [5.41, 5.74) is 4.70. The van der Waals surface area contributed by atoms with Gasteiger partial charge in [-0.1, -0.05) is 84.4 Å². The van der Waals surface area contributed by atoms with Gasteiger partial charge in [-0.3, -0.25) is 4.79 Å². The minimum absolute atomic E-state index is 0. The average Bonchev–Trinajstić information content (AvgIpc) is 2.84. The summed E-state index contributed by atoms with van der Waals surface area (Å²) in [6.07, 6.45) is 1.53. The molecule has 0 saturated carbocycles. The number of rotatable bonds is 9. The topological polar surface area (TPSA) is 77.7 Å². The maximum Gasteiger partial charge on any atom is 0.150 e. The summed E-state index contributed by atoms with van der Waals surface area (Å²) in [5.74, 6) is 0.177. The van der Waals surface area contributed by atoms with Crippen molar-refractivity contribution in [3.05, 3.63) is 119 Å². The molecule has 34 heavy (non-hydrogen) atoms. The summed E-state index contributed by atoms with van der Waals surface area (Å²) in [4.78, 5) is 13.1. The fourth-order valence-electron chi connectivity index (χ4n) is 3.63. The van der Waals surface area contributed by atoms with Gasteiger partial charge < -0.3 is 10.2 Å². The average molecular weight is 492 g/mol. The van der Waals surface area contributed by atoms with Crippen molar-refractivity contribution in [1.82, 2.24) is 0 Å². The standard InChI is InChI=1S/C28H24ClNO2S.H2O/c29-24-10-6-7-21(19-24)15-18-26(31)20-22-13-16-25(17-14-22)30-33(32)28-12-5-4-11-27(28)23-8-2-1-3-9-23;/h1-14,16-17,19,30H,15,18,20H2;1H2. The molecular weight excluding hydrogens is 466 g/mol. The lowest BCUT2D eigenvalue weighted by molar-refractivity contribution is -0.118. The van der Waals surface area contributed by atoms with E-state index in [0.717, 1.165) is 32.8 Å². The molecule has 0 fully saturated rings. The van der Waals surface area contributed by atoms with Crippen LogP contribution in [0.25, 0.3) is 11.1 Å². The van der Waals surface area contributed by atoms with Gasteiger partial charge in [0.25, 0.3) is 0 Å². The number of nitrogens with one attached hydrogen (secondary N) is 1. The van der Waals surface area contributed by atoms with Crippen molar-refractivity contribution in [3.63, 3.8) is 0 Å². The lowest BCUT2D eigenvalue weighted by Gasteiger charge is -2.11. The fourth-order valence-corrected chi connectivity index (χ4v) is 4.89. The molecule has 0 saturated heterocycles. The Morgan fingerprint density at radius 3 is 2.24 bits per heavy atom. The van der Waals surface area contributed by atoms with E-state index in [4.69, 9.17) is 11.6 Å². The highest BCUT2D eigenvalue weighted by Gasteiger charge is 2.12. The van der Waals surface area contributed by atoms with Crippen molar-refractivity contribution in [1.29, 1.82) is 0 Å². The van der Waals surface area contributed by atoms with Crippen LogP contribution in [0.15, 0.2) is 108 Å². The van der Waals surface area contributed by atoms with E-state index in [1.165, 1.54) is 0 Å². The van der Waals surface area contributed by atoms with Crippen molar-refractivity contribution >= 4 is 34.1 Å². The molecule has 6 heteroatoms. The van der Waals surface area contributed by atoms with E-state index in [2.05, 4.69) is 4.72 Å². The summed E-state index contributed by atoms with van der Waals surface area (Å²) in [6, 6.07) is 32.7. The van der Waals surface area contributed by atoms with Gasteiger partial charge >= 0.3 is 0 Å². The molecule has 4 aromatic rings. The molecule has 0 aliphatic carbocycles. The Bertz CT molecular complexity index is 1260. The Balaban J connectivity index is 0.00000324. The lowest BCUT2D eigenvalue weighted by Crippen LogP contribution is -2.07. The first-order chi connectivity index (χ1) is 16.1. The Morgan fingerprint density at radius 2 is 1.50 bits per heavy atom. The molecule has 4 aromatic carbocycles. The third kappa shape index (κ3) is 6.87. The molecule has 0 bridgehead atoms. The van der Waals surface area contributed by atoms with Gasteiger partial charge in [0.2, 0.25) is 0 Å². The van der Waals surface area contributed by atoms with Gasteiger partial charge in [-0.05, 0) is 59.0 Å². The summed E-state index contributed by atoms with van der Waals surface area (Å²) in [5, 5.41) is 0.687. The zero-order valence-electron chi connectivity index (χ0n) is 18.5. The van der Waals surface area contributed by atoms with Gasteiger partial charge in [-0.2, -0.15) is 0 Å². The number of carbonyl (C=O) groups excluding carboxylic acids is 1. The molecule has 3 N–H and O–H groups in total. The van der Waals surface area contributed by atoms with Crippen LogP contribution in [-0.2, 0) is 28.6 Å². The minimum atomic E-state index is -1.42. The van der Waals surface area contributed by atoms with Gasteiger partial charge in [0.1, 0.15) is 5.78 Å². The molecular formula is C28H26ClNO3S. The van der Waals surface area contributed by atoms with Crippen LogP contribution in [0.1, 0.15) is 17.5 Å². The molecule has 1 atom stereocenters. The smallest absolute Gasteiger partial charge is 0.150 e. The van der Waals surface area contributed by atoms with E-state index in [9.17, 15) is 9.00 Å². The Hall–Kier alpha value is -3.25. The van der Waals surface area contributed by atoms with Crippen molar-refractivity contribution in [2.45, 2.75) is 24.2 Å². The SMILES string of the molecule is O.O=C(CCc1cccc(Cl)c1)Cc1ccc(NS(=O)c2ccccc2-c2ccccc2)cc1. The number of Topliss-reactive ketones (excluding diaryl/α,β-unsaturated/α-hetero) is 1. The van der Waals surface area contributed by atoms with Crippen LogP contribution in [0, 0.1) is 0 Å². The third-order valence-electron chi connectivity index (χ3n) is 5.32. The predicted molar refractivity (Wildman–Crippen MR) is 140 cm³/mol. The molecule has 0 aromatic heterocycles. The fraction of sp³-hybridized carbons (Fsp3) is 0.107. The highest BCUT2D eigenvalue weighted by atomic mass is 35.5. The second-order valence-corrected chi connectivity index (χ2v) is 9.39. The molecule has 0 aliphatic rings. The van der Waals surface area contributed by atoms with Crippen LogP contribution < -0.4 is 4.72 Å². The second kappa shape index (κ2) is 12.3. The van der Waals surface area contributed by atoms with Crippen molar-refractivity contribution in [2.24, 2.45) is 0 Å². The van der Waals surface area contributed by atoms with Gasteiger partial charge in [0, 0.05) is 23.6 Å². The number of anilines is 1. The Labute approximate surface area is 207 Å². The number of hydrogen-bond donors (Lipinski definition) is 1. The van der Waals surface area contributed by atoms with E-state index >= 15 is 0 Å². The predicted octanol–water partition coefficient (Wildman–Crippen LogP) is 6.06. The molecule has 1 unspecified atom stereocenters. The second-order valence-electron chi connectivity index (χ2n) is 7.78. The van der Waals surface area contributed by atoms with E-state index in [0.29, 0.717) is 24.3 Å². The number of ketones is 1. The van der Waals surface area contributed by atoms with Crippen LogP contribution in [0.3, 0.4) is 0 Å². The van der Waals surface area contributed by atoms with Crippen LogP contribution >= 0.6 is 11.6 Å². The molecule has 0 aliphatic heterocycles. The summed E-state index contributed by atoms with van der Waals surface area (Å²) in [7, 11) is -1.42. The van der Waals surface area contributed by atoms with Gasteiger partial charge in [0.15, 0.2) is 11.0 Å². The first-order valence-corrected chi connectivity index (χ1v) is 12.3. The van der Waals surface area contributed by atoms with Crippen LogP contribution in [-0.4, -0.2) is 15.5 Å². The molecule has 4 nitrogen and oxygen atoms in total. The van der Waals surface area contributed by atoms with Gasteiger partial charge in [-0.25, -0.2) is 4.21 Å². The summed E-state index contributed by atoms with van der Waals surface area (Å²) in [6.45, 7) is 0. The van der Waals surface area contributed by atoms with Crippen molar-refractivity contribution < 1.29 is 14.5 Å². The number of benzene rings is 4. The monoisotopic (exact) mass is 491 g/mol. The first kappa shape index (κ1) is 25.4. The molecule has 4 rings (SSSR count). The Kier molecular flexibility index (Phi) is 9.16. The summed E-state index contributed by atoms with van der Waals surface area (Å²) >= 11 is 6.01. The molecule has 0 amide bonds. The first-order valence-electron chi connectivity index (χ1n) is 10.8. The van der Waals surface area contributed by atoms with Gasteiger partial charge in [0.05, 0.1) is 4.90 Å². The maximum absolute atomic E-state index is 13.1. The van der Waals surface area contributed by atoms with E-state index < -0.39 is 11.0 Å². The zero-order valence-corrected chi connectivity index (χ0v) is 20.1. The maximum atomic E-state index is 13.1. The highest BCUT2D eigenvalue weighted by molar-refractivity contribution is 7.86. The largest absolute Gasteiger partial charge is 0.412 e.